The van der Waals surface area contributed by atoms with Gasteiger partial charge in [-0.1, -0.05) is 73.5 Å². The first-order valence-corrected chi connectivity index (χ1v) is 31.4. The summed E-state index contributed by atoms with van der Waals surface area (Å²) in [5, 5.41) is 2.80. The number of carbonyl (C=O) groups excluding carboxylic acids is 2. The number of fused-ring (bicyclic) bond motifs is 2. The third kappa shape index (κ3) is 16.3. The zero-order valence-electron chi connectivity index (χ0n) is 45.6. The molecular formula is C61H77N5O12S2. The Morgan fingerprint density at radius 2 is 0.875 bits per heavy atom. The minimum absolute atomic E-state index is 0.0663. The van der Waals surface area contributed by atoms with Crippen LogP contribution in [0.2, 0.25) is 0 Å². The molecule has 2 fully saturated rings. The first-order valence-electron chi connectivity index (χ1n) is 28.4. The molecule has 0 saturated carbocycles. The molecule has 0 spiro atoms. The van der Waals surface area contributed by atoms with Gasteiger partial charge in [-0.15, -0.1) is 0 Å². The number of rotatable bonds is 31. The van der Waals surface area contributed by atoms with E-state index in [0.29, 0.717) is 42.3 Å². The molecule has 17 nitrogen and oxygen atoms in total. The molecule has 0 unspecified atom stereocenters. The maximum Gasteiger partial charge on any atom is 0.251 e. The van der Waals surface area contributed by atoms with Gasteiger partial charge in [0.1, 0.15) is 23.7 Å². The predicted molar refractivity (Wildman–Crippen MR) is 304 cm³/mol. The predicted octanol–water partition coefficient (Wildman–Crippen LogP) is 7.46. The Balaban J connectivity index is 0.569. The number of likely N-dealkylation sites (tertiary alicyclic amines) is 2. The maximum absolute atomic E-state index is 13.0. The van der Waals surface area contributed by atoms with E-state index in [4.69, 9.17) is 28.4 Å². The Bertz CT molecular complexity index is 2790. The smallest absolute Gasteiger partial charge is 0.251 e. The highest BCUT2D eigenvalue weighted by atomic mass is 32.2. The van der Waals surface area contributed by atoms with E-state index in [1.807, 2.05) is 12.1 Å². The summed E-state index contributed by atoms with van der Waals surface area (Å²) in [5.74, 6) is 0.904. The van der Waals surface area contributed by atoms with Crippen LogP contribution in [0.3, 0.4) is 0 Å². The van der Waals surface area contributed by atoms with Crippen molar-refractivity contribution in [2.75, 3.05) is 98.7 Å². The van der Waals surface area contributed by atoms with E-state index in [1.54, 1.807) is 72.8 Å². The Morgan fingerprint density at radius 1 is 0.463 bits per heavy atom. The van der Waals surface area contributed by atoms with Gasteiger partial charge in [0.2, 0.25) is 20.0 Å². The van der Waals surface area contributed by atoms with Gasteiger partial charge < -0.3 is 33.7 Å². The van der Waals surface area contributed by atoms with Crippen LogP contribution in [0.5, 0.6) is 11.5 Å². The summed E-state index contributed by atoms with van der Waals surface area (Å²) in [6, 6.07) is 37.0. The largest absolute Gasteiger partial charge is 0.484 e. The number of nitrogens with one attached hydrogen (secondary N) is 3. The van der Waals surface area contributed by atoms with Crippen LogP contribution in [0.15, 0.2) is 131 Å². The highest BCUT2D eigenvalue weighted by molar-refractivity contribution is 7.89. The molecule has 430 valence electrons. The number of hydrogen-bond acceptors (Lipinski definition) is 14. The lowest BCUT2D eigenvalue weighted by Gasteiger charge is -2.35. The fraction of sp³-hybridized carbons (Fsp3) is 0.475. The van der Waals surface area contributed by atoms with E-state index in [1.165, 1.54) is 60.8 Å². The van der Waals surface area contributed by atoms with Crippen LogP contribution in [0, 0.1) is 0 Å². The quantitative estimate of drug-likeness (QED) is 0.0292. The Hall–Kier alpha value is -5.58. The zero-order chi connectivity index (χ0) is 55.6. The molecule has 0 aromatic heterocycles. The Labute approximate surface area is 472 Å². The van der Waals surface area contributed by atoms with Gasteiger partial charge in [-0.25, -0.2) is 26.3 Å². The molecule has 4 atom stereocenters. The first kappa shape index (κ1) is 59.1. The number of carbonyl (C=O) groups is 2. The van der Waals surface area contributed by atoms with E-state index >= 15 is 0 Å². The van der Waals surface area contributed by atoms with Gasteiger partial charge in [0.15, 0.2) is 5.78 Å². The summed E-state index contributed by atoms with van der Waals surface area (Å²) >= 11 is 0. The number of piperidine rings is 2. The molecule has 4 aliphatic rings. The van der Waals surface area contributed by atoms with Gasteiger partial charge in [-0.05, 0) is 154 Å². The number of nitrogens with zero attached hydrogens (tertiary/aromatic N) is 2. The highest BCUT2D eigenvalue weighted by Crippen LogP contribution is 2.41. The third-order valence-corrected chi connectivity index (χ3v) is 18.3. The van der Waals surface area contributed by atoms with E-state index in [9.17, 15) is 26.4 Å². The van der Waals surface area contributed by atoms with Crippen molar-refractivity contribution in [1.29, 1.82) is 0 Å². The van der Waals surface area contributed by atoms with Crippen molar-refractivity contribution in [1.82, 2.24) is 24.6 Å². The van der Waals surface area contributed by atoms with Crippen LogP contribution in [0.1, 0.15) is 107 Å². The second kappa shape index (κ2) is 29.4. The lowest BCUT2D eigenvalue weighted by atomic mass is 10.0. The van der Waals surface area contributed by atoms with Crippen molar-refractivity contribution >= 4 is 31.7 Å². The van der Waals surface area contributed by atoms with Crippen molar-refractivity contribution in [3.8, 4) is 11.5 Å². The van der Waals surface area contributed by atoms with Gasteiger partial charge in [0.05, 0.1) is 68.1 Å². The monoisotopic (exact) mass is 1140 g/mol. The first-order chi connectivity index (χ1) is 39.0. The zero-order valence-corrected chi connectivity index (χ0v) is 47.3. The minimum Gasteiger partial charge on any atom is -0.484 e. The topological polar surface area (TPSA) is 200 Å². The average Bonchev–Trinajstić information content (AvgIpc) is 4.07. The molecule has 9 rings (SSSR count). The van der Waals surface area contributed by atoms with E-state index in [-0.39, 0.29) is 111 Å². The number of amides is 1. The summed E-state index contributed by atoms with van der Waals surface area (Å²) in [7, 11) is -7.50. The van der Waals surface area contributed by atoms with Gasteiger partial charge >= 0.3 is 0 Å². The molecule has 2 aliphatic heterocycles. The van der Waals surface area contributed by atoms with Crippen molar-refractivity contribution < 1.29 is 54.8 Å². The van der Waals surface area contributed by atoms with Gasteiger partial charge in [0.25, 0.3) is 5.91 Å². The highest BCUT2D eigenvalue weighted by Gasteiger charge is 2.40. The molecule has 1 amide bonds. The molecule has 19 heteroatoms. The van der Waals surface area contributed by atoms with Crippen LogP contribution in [-0.2, 0) is 51.8 Å². The van der Waals surface area contributed by atoms with E-state index in [0.717, 1.165) is 39.0 Å². The lowest BCUT2D eigenvalue weighted by molar-refractivity contribution is 0.0481. The Morgan fingerprint density at radius 3 is 1.34 bits per heavy atom. The molecule has 5 aromatic rings. The molecule has 2 aliphatic carbocycles. The van der Waals surface area contributed by atoms with E-state index < -0.39 is 20.0 Å². The van der Waals surface area contributed by atoms with E-state index in [2.05, 4.69) is 61.0 Å². The number of ether oxygens (including phenoxy) is 6. The normalized spacial score (nSPS) is 19.6. The summed E-state index contributed by atoms with van der Waals surface area (Å²) < 4.78 is 92.7. The molecule has 80 heavy (non-hydrogen) atoms. The number of sulfonamides is 2. The number of benzene rings is 5. The minimum atomic E-state index is -3.76. The molecule has 3 N–H and O–H groups in total. The molecule has 2 saturated heterocycles. The van der Waals surface area contributed by atoms with Crippen LogP contribution in [0.4, 0.5) is 0 Å². The van der Waals surface area contributed by atoms with Gasteiger partial charge in [-0.2, -0.15) is 0 Å². The fourth-order valence-electron chi connectivity index (χ4n) is 11.1. The number of Topliss-reactive ketones (excluding diaryl/α,β-unsaturated/α-hetero) is 1. The van der Waals surface area contributed by atoms with Crippen molar-refractivity contribution in [2.45, 2.75) is 98.3 Å². The molecule has 2 heterocycles. The summed E-state index contributed by atoms with van der Waals surface area (Å²) in [6.45, 7) is 6.74. The molecule has 5 aromatic carbocycles. The van der Waals surface area contributed by atoms with Crippen molar-refractivity contribution in [3.05, 3.63) is 155 Å². The van der Waals surface area contributed by atoms with Crippen LogP contribution in [0.25, 0.3) is 0 Å². The molecule has 0 radical (unpaired) electrons. The SMILES string of the molecule is O=C(CCCOCCOCCNS(=O)(=O)c1ccc(O[C@H]2c3ccccc3C[C@@H]2N2CCCCC2)cc1)c1ccc(C(=O)NCCOCCOCCNS(=O)(=O)c2ccc(O[C@H]3c4ccccc4C[C@@H]3N3CCCCC3)cc2)cc1. The standard InChI is InChI=1S/C61H77N5O12S2/c67-58(16-11-36-73-40-41-75-38-30-63-79(69,70)52-25-21-50(22-26-52)77-59-54-14-5-3-12-48(54)44-56(59)65-32-7-1-8-33-65)46-17-19-47(20-18-46)61(68)62-29-37-74-42-43-76-39-31-64-80(71,72)53-27-23-51(24-28-53)78-60-55-15-6-4-13-49(55)45-57(60)66-34-9-2-10-35-66/h3-6,12-15,17-28,56-57,59-60,63-64H,1-2,7-11,16,29-45H2,(H,62,68)/t56-,57-,59-,60-/m0/s1. The Kier molecular flexibility index (Phi) is 21.7. The summed E-state index contributed by atoms with van der Waals surface area (Å²) in [5.41, 5.74) is 5.92. The summed E-state index contributed by atoms with van der Waals surface area (Å²) in [4.78, 5) is 30.9. The lowest BCUT2D eigenvalue weighted by Crippen LogP contribution is -2.43. The third-order valence-electron chi connectivity index (χ3n) is 15.3. The van der Waals surface area contributed by atoms with Crippen LogP contribution >= 0.6 is 0 Å². The molecular weight excluding hydrogens is 1060 g/mol. The van der Waals surface area contributed by atoms with Gasteiger partial charge in [0, 0.05) is 43.8 Å². The fourth-order valence-corrected chi connectivity index (χ4v) is 13.1. The van der Waals surface area contributed by atoms with Gasteiger partial charge in [-0.3, -0.25) is 19.4 Å². The van der Waals surface area contributed by atoms with Crippen molar-refractivity contribution in [2.24, 2.45) is 0 Å². The second-order valence-electron chi connectivity index (χ2n) is 20.8. The summed E-state index contributed by atoms with van der Waals surface area (Å²) in [6.07, 6.45) is 9.75. The number of ketones is 1. The maximum atomic E-state index is 13.0. The molecule has 0 bridgehead atoms. The van der Waals surface area contributed by atoms with Crippen molar-refractivity contribution in [3.63, 3.8) is 0 Å². The number of hydrogen-bond donors (Lipinski definition) is 3. The second-order valence-corrected chi connectivity index (χ2v) is 24.3. The van der Waals surface area contributed by atoms with Crippen LogP contribution in [-0.4, -0.2) is 149 Å². The average molecular weight is 1140 g/mol. The van der Waals surface area contributed by atoms with Crippen LogP contribution < -0.4 is 24.2 Å².